The van der Waals surface area contributed by atoms with Crippen molar-refractivity contribution in [3.8, 4) is 0 Å². The molecule has 2 unspecified atom stereocenters. The van der Waals surface area contributed by atoms with Gasteiger partial charge >= 0.3 is 120 Å². The van der Waals surface area contributed by atoms with Crippen LogP contribution in [0.1, 0.15) is 20.8 Å². The molecule has 0 saturated heterocycles. The Morgan fingerprint density at radius 2 is 2.12 bits per heavy atom. The molecule has 0 rings (SSSR count). The zero-order valence-electron chi connectivity index (χ0n) is 10.5. The molecule has 0 aromatic carbocycles. The van der Waals surface area contributed by atoms with Crippen LogP contribution in [-0.2, 0) is 14.3 Å². The van der Waals surface area contributed by atoms with Crippen LogP contribution in [0.5, 0.6) is 0 Å². The molecule has 1 N–H and O–H groups in total. The topological polar surface area (TPSA) is 47.6 Å². The van der Waals surface area contributed by atoms with Gasteiger partial charge in [0.2, 0.25) is 0 Å². The van der Waals surface area contributed by atoms with E-state index in [9.17, 15) is 4.79 Å². The summed E-state index contributed by atoms with van der Waals surface area (Å²) in [5, 5.41) is 0. The Balaban J connectivity index is 4.36. The maximum atomic E-state index is 12.0. The average Bonchev–Trinajstić information content (AvgIpc) is 2.28. The monoisotopic (exact) mass is 457 g/mol. The van der Waals surface area contributed by atoms with Crippen LogP contribution in [0.2, 0.25) is 0 Å². The predicted molar refractivity (Wildman–Crippen MR) is 55.4 cm³/mol. The van der Waals surface area contributed by atoms with Crippen LogP contribution < -0.4 is 46.2 Å². The van der Waals surface area contributed by atoms with Gasteiger partial charge in [0.15, 0.2) is 0 Å². The summed E-state index contributed by atoms with van der Waals surface area (Å²) in [7, 11) is 0. The molecule has 0 bridgehead atoms. The van der Waals surface area contributed by atoms with Crippen molar-refractivity contribution in [2.45, 2.75) is 30.2 Å². The predicted octanol–water partition coefficient (Wildman–Crippen LogP) is -5.39. The first-order valence-corrected chi connectivity index (χ1v) is 11.5. The van der Waals surface area contributed by atoms with Gasteiger partial charge in [0.25, 0.3) is 0 Å². The van der Waals surface area contributed by atoms with Gasteiger partial charge in [-0.3, -0.25) is 0 Å². The average molecular weight is 457 g/mol. The molecule has 0 amide bonds. The summed E-state index contributed by atoms with van der Waals surface area (Å²) in [6, 6.07) is 0.192. The normalized spacial score (nSPS) is 17.1. The van der Waals surface area contributed by atoms with Gasteiger partial charge in [-0.2, -0.15) is 0 Å². The second-order valence-corrected chi connectivity index (χ2v) is 8.35. The number of hydrogen-bond acceptors (Lipinski definition) is 4. The van der Waals surface area contributed by atoms with Crippen molar-refractivity contribution in [2.24, 2.45) is 0 Å². The fourth-order valence-electron chi connectivity index (χ4n) is 1.00. The minimum absolute atomic E-state index is 0.0187. The molecule has 100 valence electrons. The summed E-state index contributed by atoms with van der Waals surface area (Å²) >= 11 is -0.251. The molecule has 0 saturated carbocycles. The van der Waals surface area contributed by atoms with Gasteiger partial charge in [0, 0.05) is 0 Å². The number of rotatable bonds is 8. The quantitative estimate of drug-likeness (QED) is 0.0989. The van der Waals surface area contributed by atoms with Crippen LogP contribution in [0.3, 0.4) is 0 Å². The number of alkyl halides is 3. The van der Waals surface area contributed by atoms with Crippen LogP contribution >= 0.6 is 0 Å². The minimum atomic E-state index is -0.355. The molecule has 0 radical (unpaired) electrons. The molecule has 0 fully saturated rings. The second kappa shape index (κ2) is 8.87. The van der Waals surface area contributed by atoms with Gasteiger partial charge in [-0.05, 0) is 0 Å². The first kappa shape index (κ1) is 16.9. The Hall–Kier alpha value is 0.850. The van der Waals surface area contributed by atoms with E-state index < -0.39 is 0 Å². The number of ether oxygens (including phenoxy) is 2. The van der Waals surface area contributed by atoms with E-state index in [1.54, 1.807) is 0 Å². The number of esters is 1. The fraction of sp³-hybridized carbons (Fsp3) is 0.900. The summed E-state index contributed by atoms with van der Waals surface area (Å²) < 4.78 is 13.2. The third kappa shape index (κ3) is 5.01. The summed E-state index contributed by atoms with van der Waals surface area (Å²) in [5.74, 6) is -0.131. The van der Waals surface area contributed by atoms with Crippen molar-refractivity contribution in [3.63, 3.8) is 0 Å². The van der Waals surface area contributed by atoms with Crippen molar-refractivity contribution in [1.29, 1.82) is 0 Å². The Labute approximate surface area is 119 Å². The van der Waals surface area contributed by atoms with E-state index in [0.717, 1.165) is 0 Å². The summed E-state index contributed by atoms with van der Waals surface area (Å²) in [5.41, 5.74) is 0. The summed E-state index contributed by atoms with van der Waals surface area (Å²) in [4.78, 5) is 16.3. The Kier molecular flexibility index (Phi) is 9.34. The molecule has 4 nitrogen and oxygen atoms in total. The molecule has 0 aromatic heterocycles. The van der Waals surface area contributed by atoms with Crippen molar-refractivity contribution in [2.75, 3.05) is 23.3 Å². The number of carbonyl (C=O) groups excluding carboxylic acids is 1. The SMILES string of the molecule is CCOCOC(=O)C(C)([I-]C)C(C)N[I-]C. The first-order chi connectivity index (χ1) is 7.52. The van der Waals surface area contributed by atoms with Gasteiger partial charge in [-0.15, -0.1) is 0 Å². The zero-order chi connectivity index (χ0) is 12.6. The molecule has 0 heterocycles. The maximum absolute atomic E-state index is 12.0. The molecule has 0 aliphatic rings. The van der Waals surface area contributed by atoms with E-state index in [1.807, 2.05) is 13.8 Å². The van der Waals surface area contributed by atoms with Crippen molar-refractivity contribution >= 4 is 5.97 Å². The van der Waals surface area contributed by atoms with Gasteiger partial charge in [0.1, 0.15) is 0 Å². The van der Waals surface area contributed by atoms with Crippen LogP contribution in [0.25, 0.3) is 0 Å². The molecule has 0 aliphatic heterocycles. The van der Waals surface area contributed by atoms with Crippen LogP contribution in [0.4, 0.5) is 0 Å². The fourth-order valence-corrected chi connectivity index (χ4v) is 4.84. The zero-order valence-corrected chi connectivity index (χ0v) is 14.8. The van der Waals surface area contributed by atoms with E-state index in [2.05, 4.69) is 20.3 Å². The van der Waals surface area contributed by atoms with Crippen LogP contribution in [-0.4, -0.2) is 38.7 Å². The number of hydrogen-bond donors (Lipinski definition) is 1. The summed E-state index contributed by atoms with van der Waals surface area (Å²) in [6.45, 7) is 6.58. The molecular weight excluding hydrogens is 436 g/mol. The van der Waals surface area contributed by atoms with Gasteiger partial charge in [0.05, 0.1) is 0 Å². The third-order valence-corrected chi connectivity index (χ3v) is 7.53. The van der Waals surface area contributed by atoms with Crippen molar-refractivity contribution in [3.05, 3.63) is 0 Å². The van der Waals surface area contributed by atoms with Crippen molar-refractivity contribution < 1.29 is 57.0 Å². The Morgan fingerprint density at radius 1 is 1.50 bits per heavy atom. The molecule has 6 heteroatoms. The molecule has 2 atom stereocenters. The van der Waals surface area contributed by atoms with E-state index in [0.29, 0.717) is 6.61 Å². The van der Waals surface area contributed by atoms with Crippen molar-refractivity contribution in [1.82, 2.24) is 3.53 Å². The molecule has 0 spiro atoms. The van der Waals surface area contributed by atoms with E-state index in [4.69, 9.17) is 9.47 Å². The Bertz CT molecular complexity index is 216. The van der Waals surface area contributed by atoms with Crippen LogP contribution in [0, 0.1) is 0 Å². The first-order valence-electron chi connectivity index (χ1n) is 5.02. The van der Waals surface area contributed by atoms with Gasteiger partial charge in [-0.1, -0.05) is 0 Å². The summed E-state index contributed by atoms with van der Waals surface area (Å²) in [6.07, 6.45) is 0. The van der Waals surface area contributed by atoms with Crippen LogP contribution in [0.15, 0.2) is 0 Å². The Morgan fingerprint density at radius 3 is 2.56 bits per heavy atom. The van der Waals surface area contributed by atoms with E-state index >= 15 is 0 Å². The number of carbonyl (C=O) groups is 1. The number of halogens is 2. The standard InChI is InChI=1S/C10H21I2NO3/c1-6-15-7-16-9(14)10(3,11-4)8(2)13-12-5/h8,13H,6-7H2,1-5H3/q-2. The van der Waals surface area contributed by atoms with E-state index in [-0.39, 0.29) is 64.9 Å². The molecule has 0 aliphatic carbocycles. The molecule has 16 heavy (non-hydrogen) atoms. The second-order valence-electron chi connectivity index (χ2n) is 3.33. The third-order valence-electron chi connectivity index (χ3n) is 2.36. The number of nitrogens with one attached hydrogen (secondary N) is 1. The van der Waals surface area contributed by atoms with Gasteiger partial charge in [-0.25, -0.2) is 0 Å². The molecule has 0 aromatic rings. The molecular formula is C10H21I2NO3-2. The van der Waals surface area contributed by atoms with E-state index in [1.165, 1.54) is 0 Å². The van der Waals surface area contributed by atoms with Gasteiger partial charge < -0.3 is 0 Å².